The van der Waals surface area contributed by atoms with Gasteiger partial charge in [0.05, 0.1) is 27.5 Å². The molecule has 1 aromatic heterocycles. The minimum absolute atomic E-state index is 0.0494. The number of hydrogen-bond acceptors (Lipinski definition) is 7. The van der Waals surface area contributed by atoms with Crippen LogP contribution < -0.4 is 21.2 Å². The van der Waals surface area contributed by atoms with Gasteiger partial charge >= 0.3 is 11.9 Å². The SMILES string of the molecule is Cc1oc(=O)oc1CN1CCc2cc(NS(=O)(=O)c3ccc(NC(=O)NC(C)c4cccc(Cl)c4Cl)cc3)ccc2C1. The molecule has 3 N–H and O–H groups in total. The lowest BCUT2D eigenvalue weighted by Gasteiger charge is -2.28. The van der Waals surface area contributed by atoms with E-state index in [1.54, 1.807) is 38.1 Å². The Morgan fingerprint density at radius 3 is 2.48 bits per heavy atom. The van der Waals surface area contributed by atoms with Crippen molar-refractivity contribution in [3.8, 4) is 0 Å². The van der Waals surface area contributed by atoms with Crippen LogP contribution >= 0.6 is 23.2 Å². The van der Waals surface area contributed by atoms with Crippen molar-refractivity contribution in [2.75, 3.05) is 16.6 Å². The molecule has 10 nitrogen and oxygen atoms in total. The van der Waals surface area contributed by atoms with E-state index < -0.39 is 27.9 Å². The highest BCUT2D eigenvalue weighted by Gasteiger charge is 2.22. The van der Waals surface area contributed by atoms with Gasteiger partial charge in [-0.15, -0.1) is 0 Å². The molecular weight excluding hydrogens is 603 g/mol. The molecule has 2 amide bonds. The van der Waals surface area contributed by atoms with Crippen LogP contribution in [-0.2, 0) is 29.5 Å². The number of hydrogen-bond donors (Lipinski definition) is 3. The summed E-state index contributed by atoms with van der Waals surface area (Å²) >= 11 is 12.3. The van der Waals surface area contributed by atoms with Crippen molar-refractivity contribution in [3.05, 3.63) is 110 Å². The molecule has 3 aromatic carbocycles. The van der Waals surface area contributed by atoms with Crippen LogP contribution in [0.25, 0.3) is 0 Å². The van der Waals surface area contributed by atoms with Gasteiger partial charge in [-0.2, -0.15) is 0 Å². The van der Waals surface area contributed by atoms with E-state index in [2.05, 4.69) is 20.3 Å². The number of halogens is 2. The van der Waals surface area contributed by atoms with Crippen LogP contribution in [-0.4, -0.2) is 25.9 Å². The Labute approximate surface area is 252 Å². The molecule has 0 fully saturated rings. The van der Waals surface area contributed by atoms with E-state index in [9.17, 15) is 18.0 Å². The number of anilines is 2. The maximum Gasteiger partial charge on any atom is 0.519 e. The third-order valence-corrected chi connectivity index (χ3v) is 9.20. The van der Waals surface area contributed by atoms with E-state index in [0.717, 1.165) is 11.1 Å². The fourth-order valence-corrected chi connectivity index (χ4v) is 6.28. The van der Waals surface area contributed by atoms with Gasteiger partial charge in [-0.1, -0.05) is 41.4 Å². The third kappa shape index (κ3) is 6.81. The van der Waals surface area contributed by atoms with Gasteiger partial charge in [0.15, 0.2) is 5.76 Å². The normalized spacial score (nSPS) is 14.2. The van der Waals surface area contributed by atoms with Gasteiger partial charge in [0.2, 0.25) is 0 Å². The van der Waals surface area contributed by atoms with Gasteiger partial charge in [-0.05, 0) is 79.4 Å². The van der Waals surface area contributed by atoms with E-state index in [1.807, 2.05) is 12.1 Å². The molecule has 1 atom stereocenters. The van der Waals surface area contributed by atoms with Crippen LogP contribution in [0.2, 0.25) is 10.0 Å². The Bertz CT molecular complexity index is 1790. The Hall–Kier alpha value is -3.77. The first-order valence-electron chi connectivity index (χ1n) is 13.1. The monoisotopic (exact) mass is 630 g/mol. The number of nitrogens with zero attached hydrogens (tertiary/aromatic N) is 1. The summed E-state index contributed by atoms with van der Waals surface area (Å²) in [5.41, 5.74) is 3.64. The highest BCUT2D eigenvalue weighted by Crippen LogP contribution is 2.30. The van der Waals surface area contributed by atoms with E-state index >= 15 is 0 Å². The van der Waals surface area contributed by atoms with Crippen LogP contribution in [0.1, 0.15) is 41.2 Å². The molecule has 42 heavy (non-hydrogen) atoms. The molecule has 1 aliphatic heterocycles. The van der Waals surface area contributed by atoms with Gasteiger partial charge in [-0.25, -0.2) is 18.0 Å². The number of nitrogens with one attached hydrogen (secondary N) is 3. The van der Waals surface area contributed by atoms with Crippen molar-refractivity contribution in [1.82, 2.24) is 10.2 Å². The molecule has 0 saturated carbocycles. The fourth-order valence-electron chi connectivity index (χ4n) is 4.76. The summed E-state index contributed by atoms with van der Waals surface area (Å²) in [7, 11) is -3.87. The summed E-state index contributed by atoms with van der Waals surface area (Å²) in [6, 6.07) is 15.6. The number of sulfonamides is 1. The van der Waals surface area contributed by atoms with Gasteiger partial charge in [0, 0.05) is 24.5 Å². The predicted octanol–water partition coefficient (Wildman–Crippen LogP) is 6.09. The lowest BCUT2D eigenvalue weighted by atomic mass is 9.99. The van der Waals surface area contributed by atoms with Crippen molar-refractivity contribution >= 4 is 50.6 Å². The first-order chi connectivity index (χ1) is 20.0. The van der Waals surface area contributed by atoms with E-state index in [0.29, 0.717) is 64.6 Å². The molecule has 2 heterocycles. The van der Waals surface area contributed by atoms with Gasteiger partial charge in [0.1, 0.15) is 5.76 Å². The smallest absolute Gasteiger partial charge is 0.396 e. The summed E-state index contributed by atoms with van der Waals surface area (Å²) < 4.78 is 38.8. The molecule has 0 bridgehead atoms. The van der Waals surface area contributed by atoms with Crippen molar-refractivity contribution in [1.29, 1.82) is 0 Å². The lowest BCUT2D eigenvalue weighted by Crippen LogP contribution is -2.31. The van der Waals surface area contributed by atoms with Crippen LogP contribution in [0, 0.1) is 6.92 Å². The zero-order valence-electron chi connectivity index (χ0n) is 22.7. The Morgan fingerprint density at radius 2 is 1.76 bits per heavy atom. The van der Waals surface area contributed by atoms with Crippen LogP contribution in [0.3, 0.4) is 0 Å². The number of fused-ring (bicyclic) bond motifs is 1. The average Bonchev–Trinajstić information content (AvgIpc) is 3.26. The summed E-state index contributed by atoms with van der Waals surface area (Å²) in [5.74, 6) is 0.265. The average molecular weight is 632 g/mol. The molecule has 13 heteroatoms. The molecule has 0 aliphatic carbocycles. The van der Waals surface area contributed by atoms with Crippen molar-refractivity contribution in [2.45, 2.75) is 44.3 Å². The van der Waals surface area contributed by atoms with Crippen LogP contribution in [0.4, 0.5) is 16.2 Å². The largest absolute Gasteiger partial charge is 0.519 e. The van der Waals surface area contributed by atoms with E-state index in [4.69, 9.17) is 32.0 Å². The zero-order valence-corrected chi connectivity index (χ0v) is 25.1. The van der Waals surface area contributed by atoms with E-state index in [-0.39, 0.29) is 4.90 Å². The molecule has 0 radical (unpaired) electrons. The van der Waals surface area contributed by atoms with Crippen molar-refractivity contribution in [3.63, 3.8) is 0 Å². The number of benzene rings is 3. The number of amides is 2. The Kier molecular flexibility index (Phi) is 8.65. The molecule has 0 spiro atoms. The van der Waals surface area contributed by atoms with Crippen LogP contribution in [0.5, 0.6) is 0 Å². The Morgan fingerprint density at radius 1 is 1.02 bits per heavy atom. The fraction of sp³-hybridized carbons (Fsp3) is 0.241. The highest BCUT2D eigenvalue weighted by atomic mass is 35.5. The van der Waals surface area contributed by atoms with E-state index in [1.165, 1.54) is 24.3 Å². The second-order valence-corrected chi connectivity index (χ2v) is 12.4. The number of carbonyl (C=O) groups is 1. The third-order valence-electron chi connectivity index (χ3n) is 6.97. The first kappa shape index (κ1) is 29.7. The topological polar surface area (TPSA) is 134 Å². The quantitative estimate of drug-likeness (QED) is 0.214. The second kappa shape index (κ2) is 12.2. The van der Waals surface area contributed by atoms with Crippen molar-refractivity contribution in [2.24, 2.45) is 0 Å². The summed E-state index contributed by atoms with van der Waals surface area (Å²) in [6.07, 6.45) is 0.705. The number of rotatable bonds is 8. The van der Waals surface area contributed by atoms with Gasteiger partial charge < -0.3 is 19.5 Å². The number of urea groups is 1. The zero-order chi connectivity index (χ0) is 30.0. The Balaban J connectivity index is 1.18. The maximum absolute atomic E-state index is 13.1. The molecule has 1 unspecified atom stereocenters. The van der Waals surface area contributed by atoms with Gasteiger partial charge in [0.25, 0.3) is 10.0 Å². The molecule has 0 saturated heterocycles. The number of carbonyl (C=O) groups excluding carboxylic acids is 1. The van der Waals surface area contributed by atoms with Gasteiger partial charge in [-0.3, -0.25) is 9.62 Å². The number of aryl methyl sites for hydroxylation is 1. The minimum Gasteiger partial charge on any atom is -0.396 e. The second-order valence-electron chi connectivity index (χ2n) is 9.97. The molecule has 1 aliphatic rings. The maximum atomic E-state index is 13.1. The minimum atomic E-state index is -3.87. The first-order valence-corrected chi connectivity index (χ1v) is 15.3. The molecule has 4 aromatic rings. The lowest BCUT2D eigenvalue weighted by molar-refractivity contribution is 0.222. The highest BCUT2D eigenvalue weighted by molar-refractivity contribution is 7.92. The summed E-state index contributed by atoms with van der Waals surface area (Å²) in [6.45, 7) is 5.26. The summed E-state index contributed by atoms with van der Waals surface area (Å²) in [5, 5.41) is 6.24. The predicted molar refractivity (Wildman–Crippen MR) is 161 cm³/mol. The summed E-state index contributed by atoms with van der Waals surface area (Å²) in [4.78, 5) is 26.0. The molecule has 5 rings (SSSR count). The molecule has 220 valence electrons. The molecular formula is C29H28Cl2N4O6S. The standard InChI is InChI=1S/C29H28Cl2N4O6S/c1-17(24-4-3-5-25(30)27(24)31)32-28(36)33-21-8-10-23(11-9-21)42(38,39)34-22-7-6-20-15-35(13-12-19(20)14-22)16-26-18(2)40-29(37)41-26/h3-11,14,17,34H,12-13,15-16H2,1-2H3,(H2,32,33,36). The van der Waals surface area contributed by atoms with Crippen molar-refractivity contribution < 1.29 is 22.0 Å². The van der Waals surface area contributed by atoms with Crippen LogP contribution in [0.15, 0.2) is 79.2 Å².